The van der Waals surface area contributed by atoms with Crippen LogP contribution >= 0.6 is 11.6 Å². The number of nitrogens with zero attached hydrogens (tertiary/aromatic N) is 4. The highest BCUT2D eigenvalue weighted by atomic mass is 35.5. The second kappa shape index (κ2) is 9.66. The lowest BCUT2D eigenvalue weighted by molar-refractivity contribution is -0.114. The maximum Gasteiger partial charge on any atom is 0.274 e. The van der Waals surface area contributed by atoms with E-state index in [2.05, 4.69) is 25.6 Å². The first-order valence-electron chi connectivity index (χ1n) is 10.2. The van der Waals surface area contributed by atoms with Gasteiger partial charge in [-0.3, -0.25) is 9.59 Å². The molecule has 9 nitrogen and oxygen atoms in total. The zero-order valence-corrected chi connectivity index (χ0v) is 18.8. The van der Waals surface area contributed by atoms with Gasteiger partial charge in [0.1, 0.15) is 5.82 Å². The van der Waals surface area contributed by atoms with E-state index in [0.717, 1.165) is 5.56 Å². The Bertz CT molecular complexity index is 1300. The van der Waals surface area contributed by atoms with Crippen LogP contribution in [0.15, 0.2) is 59.7 Å². The third-order valence-electron chi connectivity index (χ3n) is 4.81. The van der Waals surface area contributed by atoms with Gasteiger partial charge in [0, 0.05) is 49.7 Å². The molecular formula is C23H21ClN6O3. The van der Waals surface area contributed by atoms with Crippen molar-refractivity contribution < 1.29 is 14.0 Å². The average molecular weight is 465 g/mol. The standard InChI is InChI=1S/C23H21ClN6O3/c1-14-12-27-19(28-15(2)31)11-17(14)23-29-20(21(33-23)16-5-3-4-6-18(16)24)22(32)26-8-10-30-9-7-25-13-30/h3-7,9,11-13H,8,10H2,1-2H3,(H,26,32)(H,27,28,31). The molecular weight excluding hydrogens is 444 g/mol. The van der Waals surface area contributed by atoms with Crippen LogP contribution in [0.3, 0.4) is 0 Å². The van der Waals surface area contributed by atoms with Crippen molar-refractivity contribution in [2.75, 3.05) is 11.9 Å². The van der Waals surface area contributed by atoms with Gasteiger partial charge in [0.15, 0.2) is 11.5 Å². The summed E-state index contributed by atoms with van der Waals surface area (Å²) < 4.78 is 7.92. The van der Waals surface area contributed by atoms with E-state index in [1.54, 1.807) is 49.1 Å². The van der Waals surface area contributed by atoms with Crippen LogP contribution in [0.5, 0.6) is 0 Å². The number of hydrogen-bond acceptors (Lipinski definition) is 6. The van der Waals surface area contributed by atoms with E-state index >= 15 is 0 Å². The average Bonchev–Trinajstić information content (AvgIpc) is 3.45. The van der Waals surface area contributed by atoms with Gasteiger partial charge in [-0.05, 0) is 30.7 Å². The number of anilines is 1. The molecule has 3 aromatic heterocycles. The van der Waals surface area contributed by atoms with Gasteiger partial charge >= 0.3 is 0 Å². The molecule has 0 spiro atoms. The zero-order chi connectivity index (χ0) is 23.4. The summed E-state index contributed by atoms with van der Waals surface area (Å²) in [5, 5.41) is 5.93. The lowest BCUT2D eigenvalue weighted by atomic mass is 10.1. The van der Waals surface area contributed by atoms with Crippen molar-refractivity contribution in [3.05, 3.63) is 71.5 Å². The number of amides is 2. The molecule has 0 radical (unpaired) electrons. The molecule has 2 amide bonds. The third kappa shape index (κ3) is 5.09. The summed E-state index contributed by atoms with van der Waals surface area (Å²) in [6.07, 6.45) is 6.77. The van der Waals surface area contributed by atoms with Gasteiger partial charge in [-0.25, -0.2) is 15.0 Å². The van der Waals surface area contributed by atoms with Crippen molar-refractivity contribution in [3.8, 4) is 22.8 Å². The number of pyridine rings is 1. The Morgan fingerprint density at radius 2 is 2.03 bits per heavy atom. The molecule has 0 aliphatic rings. The largest absolute Gasteiger partial charge is 0.435 e. The quantitative estimate of drug-likeness (QED) is 0.428. The Morgan fingerprint density at radius 3 is 2.76 bits per heavy atom. The normalized spacial score (nSPS) is 10.8. The molecule has 0 saturated carbocycles. The highest BCUT2D eigenvalue weighted by Crippen LogP contribution is 2.35. The van der Waals surface area contributed by atoms with Crippen molar-refractivity contribution >= 4 is 29.2 Å². The molecule has 3 heterocycles. The Kier molecular flexibility index (Phi) is 6.50. The highest BCUT2D eigenvalue weighted by molar-refractivity contribution is 6.33. The van der Waals surface area contributed by atoms with Crippen molar-refractivity contribution in [1.82, 2.24) is 24.8 Å². The summed E-state index contributed by atoms with van der Waals surface area (Å²) in [5.74, 6) is 0.185. The first kappa shape index (κ1) is 22.2. The fourth-order valence-electron chi connectivity index (χ4n) is 3.22. The predicted octanol–water partition coefficient (Wildman–Crippen LogP) is 3.95. The lowest BCUT2D eigenvalue weighted by Crippen LogP contribution is -2.27. The molecule has 0 fully saturated rings. The molecule has 0 aliphatic heterocycles. The van der Waals surface area contributed by atoms with Crippen LogP contribution in [0.4, 0.5) is 5.82 Å². The molecule has 1 aromatic carbocycles. The van der Waals surface area contributed by atoms with Gasteiger partial charge in [-0.15, -0.1) is 0 Å². The molecule has 168 valence electrons. The number of oxazole rings is 1. The van der Waals surface area contributed by atoms with Crippen LogP contribution in [-0.2, 0) is 11.3 Å². The minimum atomic E-state index is -0.395. The maximum absolute atomic E-state index is 13.0. The first-order chi connectivity index (χ1) is 15.9. The number of carbonyl (C=O) groups is 2. The number of aryl methyl sites for hydroxylation is 1. The molecule has 0 atom stereocenters. The summed E-state index contributed by atoms with van der Waals surface area (Å²) in [7, 11) is 0. The van der Waals surface area contributed by atoms with Crippen LogP contribution in [-0.4, -0.2) is 37.9 Å². The fraction of sp³-hybridized carbons (Fsp3) is 0.174. The van der Waals surface area contributed by atoms with E-state index in [0.29, 0.717) is 35.1 Å². The second-order valence-corrected chi connectivity index (χ2v) is 7.71. The van der Waals surface area contributed by atoms with Crippen LogP contribution in [0.1, 0.15) is 23.0 Å². The Labute approximate surface area is 194 Å². The zero-order valence-electron chi connectivity index (χ0n) is 18.0. The van der Waals surface area contributed by atoms with E-state index < -0.39 is 5.91 Å². The van der Waals surface area contributed by atoms with Crippen molar-refractivity contribution in [2.24, 2.45) is 0 Å². The van der Waals surface area contributed by atoms with Gasteiger partial charge < -0.3 is 19.6 Å². The predicted molar refractivity (Wildman–Crippen MR) is 124 cm³/mol. The van der Waals surface area contributed by atoms with Gasteiger partial charge in [-0.2, -0.15) is 0 Å². The number of hydrogen-bond donors (Lipinski definition) is 2. The number of aromatic nitrogens is 4. The van der Waals surface area contributed by atoms with Gasteiger partial charge in [-0.1, -0.05) is 23.7 Å². The Morgan fingerprint density at radius 1 is 1.21 bits per heavy atom. The number of benzene rings is 1. The van der Waals surface area contributed by atoms with Crippen LogP contribution in [0.2, 0.25) is 5.02 Å². The second-order valence-electron chi connectivity index (χ2n) is 7.30. The Balaban J connectivity index is 1.71. The number of imidazole rings is 1. The molecule has 10 heteroatoms. The number of halogens is 1. The molecule has 33 heavy (non-hydrogen) atoms. The monoisotopic (exact) mass is 464 g/mol. The smallest absolute Gasteiger partial charge is 0.274 e. The molecule has 4 aromatic rings. The van der Waals surface area contributed by atoms with E-state index in [-0.39, 0.29) is 23.3 Å². The van der Waals surface area contributed by atoms with Gasteiger partial charge in [0.25, 0.3) is 5.91 Å². The van der Waals surface area contributed by atoms with Crippen molar-refractivity contribution in [1.29, 1.82) is 0 Å². The summed E-state index contributed by atoms with van der Waals surface area (Å²) in [6, 6.07) is 8.72. The topological polar surface area (TPSA) is 115 Å². The number of rotatable bonds is 7. The molecule has 0 saturated heterocycles. The van der Waals surface area contributed by atoms with E-state index in [1.807, 2.05) is 17.7 Å². The first-order valence-corrected chi connectivity index (χ1v) is 10.5. The molecule has 4 rings (SSSR count). The number of carbonyl (C=O) groups excluding carboxylic acids is 2. The molecule has 0 bridgehead atoms. The molecule has 2 N–H and O–H groups in total. The maximum atomic E-state index is 13.0. The summed E-state index contributed by atoms with van der Waals surface area (Å²) >= 11 is 6.39. The minimum Gasteiger partial charge on any atom is -0.435 e. The Hall–Kier alpha value is -3.98. The summed E-state index contributed by atoms with van der Waals surface area (Å²) in [6.45, 7) is 4.17. The SMILES string of the molecule is CC(=O)Nc1cc(-c2nc(C(=O)NCCn3ccnc3)c(-c3ccccc3Cl)o2)c(C)cn1. The van der Waals surface area contributed by atoms with Crippen molar-refractivity contribution in [3.63, 3.8) is 0 Å². The highest BCUT2D eigenvalue weighted by Gasteiger charge is 2.24. The van der Waals surface area contributed by atoms with Crippen LogP contribution in [0, 0.1) is 6.92 Å². The van der Waals surface area contributed by atoms with E-state index in [4.69, 9.17) is 16.0 Å². The van der Waals surface area contributed by atoms with Crippen molar-refractivity contribution in [2.45, 2.75) is 20.4 Å². The fourth-order valence-corrected chi connectivity index (χ4v) is 3.44. The van der Waals surface area contributed by atoms with Crippen LogP contribution in [0.25, 0.3) is 22.8 Å². The lowest BCUT2D eigenvalue weighted by Gasteiger charge is -2.06. The number of nitrogens with one attached hydrogen (secondary N) is 2. The van der Waals surface area contributed by atoms with E-state index in [1.165, 1.54) is 6.92 Å². The van der Waals surface area contributed by atoms with Gasteiger partial charge in [0.05, 0.1) is 11.3 Å². The third-order valence-corrected chi connectivity index (χ3v) is 5.14. The summed E-state index contributed by atoms with van der Waals surface area (Å²) in [4.78, 5) is 37.2. The summed E-state index contributed by atoms with van der Waals surface area (Å²) in [5.41, 5.74) is 2.02. The molecule has 0 aliphatic carbocycles. The van der Waals surface area contributed by atoms with Crippen LogP contribution < -0.4 is 10.6 Å². The minimum absolute atomic E-state index is 0.112. The van der Waals surface area contributed by atoms with E-state index in [9.17, 15) is 9.59 Å². The van der Waals surface area contributed by atoms with Gasteiger partial charge in [0.2, 0.25) is 11.8 Å². The molecule has 0 unspecified atom stereocenters.